The highest BCUT2D eigenvalue weighted by atomic mass is 19.2. The van der Waals surface area contributed by atoms with Gasteiger partial charge in [0.1, 0.15) is 18.1 Å². The van der Waals surface area contributed by atoms with Crippen LogP contribution in [0.2, 0.25) is 0 Å². The first-order valence-corrected chi connectivity index (χ1v) is 9.18. The molecule has 0 radical (unpaired) electrons. The van der Waals surface area contributed by atoms with Crippen molar-refractivity contribution < 1.29 is 14.1 Å². The molecule has 6 rings (SSSR count). The van der Waals surface area contributed by atoms with E-state index in [0.717, 1.165) is 24.1 Å². The third kappa shape index (κ3) is 2.03. The maximum absolute atomic E-state index is 14.1. The zero-order valence-electron chi connectivity index (χ0n) is 14.8. The smallest absolute Gasteiger partial charge is 0.259 e. The first-order chi connectivity index (χ1) is 13.6. The number of para-hydroxylation sites is 1. The largest absolute Gasteiger partial charge is 0.380 e. The second-order valence-corrected chi connectivity index (χ2v) is 7.32. The molecule has 0 unspecified atom stereocenters. The van der Waals surface area contributed by atoms with E-state index >= 15 is 0 Å². The van der Waals surface area contributed by atoms with Crippen LogP contribution in [0.25, 0.3) is 28.9 Å². The fourth-order valence-electron chi connectivity index (χ4n) is 4.22. The van der Waals surface area contributed by atoms with E-state index in [4.69, 9.17) is 4.52 Å². The predicted octanol–water partition coefficient (Wildman–Crippen LogP) is 2.49. The van der Waals surface area contributed by atoms with Crippen molar-refractivity contribution in [3.8, 4) is 23.0 Å². The third-order valence-electron chi connectivity index (χ3n) is 5.59. The molecule has 142 valence electrons. The molecule has 0 saturated heterocycles. The summed E-state index contributed by atoms with van der Waals surface area (Å²) in [5.74, 6) is 1.90. The maximum Gasteiger partial charge on any atom is 0.259 e. The molecular weight excluding hydrogens is 365 g/mol. The van der Waals surface area contributed by atoms with Crippen molar-refractivity contribution in [2.45, 2.75) is 31.3 Å². The molecule has 0 bridgehead atoms. The van der Waals surface area contributed by atoms with Crippen molar-refractivity contribution in [2.75, 3.05) is 11.6 Å². The van der Waals surface area contributed by atoms with Crippen molar-refractivity contribution in [2.24, 2.45) is 0 Å². The molecule has 3 aromatic rings. The Morgan fingerprint density at radius 1 is 1.11 bits per heavy atom. The lowest BCUT2D eigenvalue weighted by molar-refractivity contribution is 0.0112. The summed E-state index contributed by atoms with van der Waals surface area (Å²) in [5.41, 5.74) is 0.609. The van der Waals surface area contributed by atoms with Crippen LogP contribution in [0.3, 0.4) is 0 Å². The van der Waals surface area contributed by atoms with Crippen LogP contribution in [0.1, 0.15) is 31.6 Å². The molecular formula is C18H16FN7O2. The minimum absolute atomic E-state index is 0.0701. The Bertz CT molecular complexity index is 1110. The molecule has 9 nitrogen and oxygen atoms in total. The highest BCUT2D eigenvalue weighted by molar-refractivity contribution is 5.89. The van der Waals surface area contributed by atoms with Gasteiger partial charge in [-0.15, -0.1) is 10.2 Å². The number of rotatable bonds is 2. The molecule has 10 heteroatoms. The average Bonchev–Trinajstić information content (AvgIpc) is 3.46. The van der Waals surface area contributed by atoms with E-state index in [-0.39, 0.29) is 18.4 Å². The van der Waals surface area contributed by atoms with Gasteiger partial charge in [0.05, 0.1) is 11.9 Å². The number of fused-ring (bicyclic) bond motifs is 6. The standard InChI is InChI=1S/C18H16FN7O2/c19-24-9-13-25(10-24)12-6-2-1-5-11(12)15-21-22-16(26(13)15)14-20-17(28-23-14)18(27)7-3-4-8-18/h1-2,5-6,9,27H,3-4,7-8,10H2. The number of hydrogen-bond acceptors (Lipinski definition) is 8. The predicted molar refractivity (Wildman–Crippen MR) is 95.7 cm³/mol. The van der Waals surface area contributed by atoms with Gasteiger partial charge in [0.2, 0.25) is 11.6 Å². The van der Waals surface area contributed by atoms with E-state index in [2.05, 4.69) is 20.3 Å². The van der Waals surface area contributed by atoms with Gasteiger partial charge in [-0.3, -0.25) is 4.57 Å². The van der Waals surface area contributed by atoms with Crippen LogP contribution in [-0.4, -0.2) is 41.8 Å². The quantitative estimate of drug-likeness (QED) is 0.677. The Kier molecular flexibility index (Phi) is 3.03. The van der Waals surface area contributed by atoms with E-state index in [9.17, 15) is 9.59 Å². The monoisotopic (exact) mass is 381 g/mol. The van der Waals surface area contributed by atoms with Crippen molar-refractivity contribution in [3.63, 3.8) is 0 Å². The van der Waals surface area contributed by atoms with Crippen molar-refractivity contribution in [3.05, 3.63) is 36.4 Å². The summed E-state index contributed by atoms with van der Waals surface area (Å²) >= 11 is 0. The number of hydrogen-bond donors (Lipinski definition) is 1. The maximum atomic E-state index is 14.1. The molecule has 1 fully saturated rings. The summed E-state index contributed by atoms with van der Waals surface area (Å²) in [7, 11) is 0. The Morgan fingerprint density at radius 3 is 2.75 bits per heavy atom. The van der Waals surface area contributed by atoms with E-state index in [1.165, 1.54) is 6.20 Å². The molecule has 0 spiro atoms. The summed E-state index contributed by atoms with van der Waals surface area (Å²) in [5, 5.41) is 23.9. The molecule has 1 saturated carbocycles. The number of aromatic nitrogens is 5. The molecule has 2 aromatic heterocycles. The second kappa shape index (κ2) is 5.38. The molecule has 28 heavy (non-hydrogen) atoms. The lowest BCUT2D eigenvalue weighted by atomic mass is 10.0. The van der Waals surface area contributed by atoms with Crippen LogP contribution < -0.4 is 4.90 Å². The van der Waals surface area contributed by atoms with Crippen LogP contribution in [-0.2, 0) is 5.60 Å². The molecule has 0 amide bonds. The van der Waals surface area contributed by atoms with Crippen molar-refractivity contribution in [1.82, 2.24) is 30.0 Å². The SMILES string of the molecule is OC1(c2nc(-c3nnc4n3C3=CN(F)CN3c3ccccc3-4)no2)CCCC1. The van der Waals surface area contributed by atoms with Crippen LogP contribution in [0.4, 0.5) is 10.2 Å². The Balaban J connectivity index is 1.51. The number of halogens is 1. The van der Waals surface area contributed by atoms with Gasteiger partial charge >= 0.3 is 0 Å². The third-order valence-corrected chi connectivity index (χ3v) is 5.59. The molecule has 1 aliphatic carbocycles. The Hall–Kier alpha value is -3.27. The number of benzene rings is 1. The zero-order valence-corrected chi connectivity index (χ0v) is 14.8. The summed E-state index contributed by atoms with van der Waals surface area (Å²) in [6, 6.07) is 7.64. The lowest BCUT2D eigenvalue weighted by Crippen LogP contribution is -2.28. The minimum atomic E-state index is -1.09. The topological polar surface area (TPSA) is 96.3 Å². The molecule has 3 aliphatic rings. The van der Waals surface area contributed by atoms with Gasteiger partial charge in [0.15, 0.2) is 5.82 Å². The Labute approximate surface area is 158 Å². The fraction of sp³-hybridized carbons (Fsp3) is 0.333. The molecule has 0 atom stereocenters. The van der Waals surface area contributed by atoms with Gasteiger partial charge in [0, 0.05) is 5.56 Å². The van der Waals surface area contributed by atoms with Crippen LogP contribution in [0.15, 0.2) is 35.0 Å². The fourth-order valence-corrected chi connectivity index (χ4v) is 4.22. The van der Waals surface area contributed by atoms with Crippen LogP contribution >= 0.6 is 0 Å². The first-order valence-electron chi connectivity index (χ1n) is 9.18. The Morgan fingerprint density at radius 2 is 1.89 bits per heavy atom. The van der Waals surface area contributed by atoms with Crippen molar-refractivity contribution in [1.29, 1.82) is 0 Å². The number of anilines is 1. The number of aliphatic hydroxyl groups is 1. The molecule has 1 N–H and O–H groups in total. The second-order valence-electron chi connectivity index (χ2n) is 7.32. The molecule has 2 aliphatic heterocycles. The summed E-state index contributed by atoms with van der Waals surface area (Å²) in [4.78, 5) is 6.23. The van der Waals surface area contributed by atoms with E-state index < -0.39 is 5.60 Å². The number of nitrogens with zero attached hydrogens (tertiary/aromatic N) is 7. The van der Waals surface area contributed by atoms with Crippen LogP contribution in [0, 0.1) is 0 Å². The summed E-state index contributed by atoms with van der Waals surface area (Å²) in [6.45, 7) is 0.0701. The highest BCUT2D eigenvalue weighted by Crippen LogP contribution is 2.44. The van der Waals surface area contributed by atoms with Gasteiger partial charge in [-0.25, -0.2) is 0 Å². The minimum Gasteiger partial charge on any atom is -0.380 e. The van der Waals surface area contributed by atoms with Gasteiger partial charge in [0.25, 0.3) is 5.89 Å². The van der Waals surface area contributed by atoms with E-state index in [1.807, 2.05) is 29.2 Å². The normalized spacial score (nSPS) is 19.4. The molecule has 4 heterocycles. The van der Waals surface area contributed by atoms with E-state index in [0.29, 0.717) is 35.4 Å². The van der Waals surface area contributed by atoms with Gasteiger partial charge in [-0.1, -0.05) is 21.8 Å². The average molecular weight is 381 g/mol. The zero-order chi connectivity index (χ0) is 18.9. The van der Waals surface area contributed by atoms with E-state index in [1.54, 1.807) is 4.57 Å². The first kappa shape index (κ1) is 15.8. The highest BCUT2D eigenvalue weighted by Gasteiger charge is 2.40. The van der Waals surface area contributed by atoms with Gasteiger partial charge in [-0.05, 0) is 37.8 Å². The van der Waals surface area contributed by atoms with Gasteiger partial charge in [-0.2, -0.15) is 10.1 Å². The van der Waals surface area contributed by atoms with Crippen molar-refractivity contribution >= 4 is 11.5 Å². The van der Waals surface area contributed by atoms with Crippen LogP contribution in [0.5, 0.6) is 0 Å². The summed E-state index contributed by atoms with van der Waals surface area (Å²) in [6.07, 6.45) is 4.40. The summed E-state index contributed by atoms with van der Waals surface area (Å²) < 4.78 is 21.2. The lowest BCUT2D eigenvalue weighted by Gasteiger charge is -2.29. The molecule has 1 aromatic carbocycles. The van der Waals surface area contributed by atoms with Gasteiger partial charge < -0.3 is 14.5 Å².